The van der Waals surface area contributed by atoms with Gasteiger partial charge in [0.15, 0.2) is 6.29 Å². The number of carbonyl (C=O) groups is 2. The van der Waals surface area contributed by atoms with Crippen LogP contribution in [-0.2, 0) is 14.3 Å². The second-order valence-electron chi connectivity index (χ2n) is 2.95. The monoisotopic (exact) mass is 254 g/mol. The number of hydrazone groups is 1. The summed E-state index contributed by atoms with van der Waals surface area (Å²) in [6.07, 6.45) is 0.334. The van der Waals surface area contributed by atoms with Crippen molar-refractivity contribution in [3.8, 4) is 0 Å². The number of hydrogen-bond acceptors (Lipinski definition) is 5. The minimum atomic E-state index is -0.760. The number of benzene rings is 1. The smallest absolute Gasteiger partial charge is 0.362 e. The molecule has 0 aliphatic carbocycles. The first-order chi connectivity index (χ1) is 8.17. The van der Waals surface area contributed by atoms with Crippen LogP contribution >= 0.6 is 11.6 Å². The maximum Gasteiger partial charge on any atom is 0.362 e. The number of esters is 1. The van der Waals surface area contributed by atoms with Gasteiger partial charge in [0, 0.05) is 5.02 Å². The average molecular weight is 255 g/mol. The highest BCUT2D eigenvalue weighted by Gasteiger charge is 2.11. The highest BCUT2D eigenvalue weighted by Crippen LogP contribution is 2.13. The molecular formula is C11H11ClN2O3. The highest BCUT2D eigenvalue weighted by atomic mass is 35.5. The van der Waals surface area contributed by atoms with E-state index in [1.165, 1.54) is 0 Å². The van der Waals surface area contributed by atoms with Gasteiger partial charge < -0.3 is 4.74 Å². The quantitative estimate of drug-likeness (QED) is 0.286. The van der Waals surface area contributed by atoms with Gasteiger partial charge in [0.25, 0.3) is 0 Å². The zero-order chi connectivity index (χ0) is 12.7. The number of carbonyl (C=O) groups excluding carboxylic acids is 2. The number of halogens is 1. The van der Waals surface area contributed by atoms with Gasteiger partial charge in [0.2, 0.25) is 5.71 Å². The Balaban J connectivity index is 2.70. The van der Waals surface area contributed by atoms with Crippen LogP contribution in [0.3, 0.4) is 0 Å². The van der Waals surface area contributed by atoms with Gasteiger partial charge in [0.05, 0.1) is 12.3 Å². The Bertz CT molecular complexity index is 429. The van der Waals surface area contributed by atoms with E-state index in [9.17, 15) is 9.59 Å². The molecule has 17 heavy (non-hydrogen) atoms. The molecule has 1 N–H and O–H groups in total. The Hall–Kier alpha value is -1.88. The van der Waals surface area contributed by atoms with Crippen molar-refractivity contribution in [1.82, 2.24) is 0 Å². The lowest BCUT2D eigenvalue weighted by Crippen LogP contribution is -2.20. The summed E-state index contributed by atoms with van der Waals surface area (Å²) in [6, 6.07) is 6.65. The van der Waals surface area contributed by atoms with E-state index in [1.807, 2.05) is 0 Å². The first kappa shape index (κ1) is 13.2. The standard InChI is InChI=1S/C11H11ClN2O3/c1-2-17-11(16)10(7-15)14-13-9-5-3-8(12)4-6-9/h3-7,13H,2H2,1H3/b14-10-. The van der Waals surface area contributed by atoms with Gasteiger partial charge in [0.1, 0.15) is 0 Å². The van der Waals surface area contributed by atoms with Crippen LogP contribution in [0.5, 0.6) is 0 Å². The van der Waals surface area contributed by atoms with Crippen LogP contribution in [0.25, 0.3) is 0 Å². The molecule has 0 aliphatic heterocycles. The Morgan fingerprint density at radius 1 is 1.47 bits per heavy atom. The Kier molecular flexibility index (Phi) is 5.16. The van der Waals surface area contributed by atoms with Gasteiger partial charge in [-0.05, 0) is 31.2 Å². The minimum absolute atomic E-state index is 0.187. The normalized spacial score (nSPS) is 10.8. The van der Waals surface area contributed by atoms with E-state index in [1.54, 1.807) is 31.2 Å². The van der Waals surface area contributed by atoms with E-state index in [4.69, 9.17) is 11.6 Å². The minimum Gasteiger partial charge on any atom is -0.461 e. The number of hydrogen-bond donors (Lipinski definition) is 1. The predicted octanol–water partition coefficient (Wildman–Crippen LogP) is 1.87. The molecule has 0 heterocycles. The van der Waals surface area contributed by atoms with Gasteiger partial charge in [-0.2, -0.15) is 5.10 Å². The van der Waals surface area contributed by atoms with Crippen molar-refractivity contribution in [1.29, 1.82) is 0 Å². The Labute approximate surface area is 103 Å². The Morgan fingerprint density at radius 2 is 2.12 bits per heavy atom. The zero-order valence-electron chi connectivity index (χ0n) is 9.14. The second-order valence-corrected chi connectivity index (χ2v) is 3.39. The molecule has 0 saturated heterocycles. The van der Waals surface area contributed by atoms with Crippen molar-refractivity contribution in [2.24, 2.45) is 5.10 Å². The molecule has 0 spiro atoms. The van der Waals surface area contributed by atoms with Crippen LogP contribution in [0.2, 0.25) is 5.02 Å². The number of anilines is 1. The topological polar surface area (TPSA) is 67.8 Å². The molecule has 90 valence electrons. The summed E-state index contributed by atoms with van der Waals surface area (Å²) in [7, 11) is 0. The molecule has 0 aromatic heterocycles. The molecular weight excluding hydrogens is 244 g/mol. The van der Waals surface area contributed by atoms with E-state index in [-0.39, 0.29) is 12.3 Å². The molecule has 6 heteroatoms. The van der Waals surface area contributed by atoms with Gasteiger partial charge in [-0.15, -0.1) is 0 Å². The fraction of sp³-hybridized carbons (Fsp3) is 0.182. The number of nitrogens with zero attached hydrogens (tertiary/aromatic N) is 1. The molecule has 5 nitrogen and oxygen atoms in total. The van der Waals surface area contributed by atoms with Crippen LogP contribution in [0.15, 0.2) is 29.4 Å². The van der Waals surface area contributed by atoms with Crippen LogP contribution < -0.4 is 5.43 Å². The maximum atomic E-state index is 11.2. The molecule has 0 radical (unpaired) electrons. The fourth-order valence-electron chi connectivity index (χ4n) is 0.974. The molecule has 0 unspecified atom stereocenters. The summed E-state index contributed by atoms with van der Waals surface area (Å²) in [6.45, 7) is 1.83. The van der Waals surface area contributed by atoms with Crippen molar-refractivity contribution in [3.63, 3.8) is 0 Å². The van der Waals surface area contributed by atoms with Gasteiger partial charge in [-0.25, -0.2) is 4.79 Å². The third-order valence-corrected chi connectivity index (χ3v) is 2.00. The van der Waals surface area contributed by atoms with Crippen molar-refractivity contribution >= 4 is 35.3 Å². The first-order valence-corrected chi connectivity index (χ1v) is 5.26. The number of rotatable bonds is 5. The molecule has 0 aliphatic rings. The average Bonchev–Trinajstić information content (AvgIpc) is 2.32. The number of ether oxygens (including phenoxy) is 1. The summed E-state index contributed by atoms with van der Waals surface area (Å²) in [5.74, 6) is -0.760. The van der Waals surface area contributed by atoms with Crippen molar-refractivity contribution < 1.29 is 14.3 Å². The SMILES string of the molecule is CCOC(=O)/C(C=O)=N\Nc1ccc(Cl)cc1. The lowest BCUT2D eigenvalue weighted by Gasteiger charge is -2.02. The second kappa shape index (κ2) is 6.65. The molecule has 0 amide bonds. The molecule has 1 rings (SSSR count). The molecule has 0 bridgehead atoms. The zero-order valence-corrected chi connectivity index (χ0v) is 9.90. The van der Waals surface area contributed by atoms with Gasteiger partial charge in [-0.1, -0.05) is 11.6 Å². The van der Waals surface area contributed by atoms with Gasteiger partial charge in [-0.3, -0.25) is 10.2 Å². The molecule has 0 atom stereocenters. The Morgan fingerprint density at radius 3 is 2.65 bits per heavy atom. The molecule has 0 fully saturated rings. The van der Waals surface area contributed by atoms with Crippen molar-refractivity contribution in [2.45, 2.75) is 6.92 Å². The van der Waals surface area contributed by atoms with Crippen molar-refractivity contribution in [2.75, 3.05) is 12.0 Å². The maximum absolute atomic E-state index is 11.2. The van der Waals surface area contributed by atoms with Crippen LogP contribution in [0.1, 0.15) is 6.92 Å². The van der Waals surface area contributed by atoms with Crippen LogP contribution in [0.4, 0.5) is 5.69 Å². The number of nitrogens with one attached hydrogen (secondary N) is 1. The lowest BCUT2D eigenvalue weighted by atomic mass is 10.3. The van der Waals surface area contributed by atoms with Gasteiger partial charge >= 0.3 is 5.97 Å². The summed E-state index contributed by atoms with van der Waals surface area (Å²) in [5.41, 5.74) is 2.85. The molecule has 1 aromatic rings. The summed E-state index contributed by atoms with van der Waals surface area (Å²) in [4.78, 5) is 21.8. The largest absolute Gasteiger partial charge is 0.461 e. The lowest BCUT2D eigenvalue weighted by molar-refractivity contribution is -0.135. The van der Waals surface area contributed by atoms with Crippen molar-refractivity contribution in [3.05, 3.63) is 29.3 Å². The fourth-order valence-corrected chi connectivity index (χ4v) is 1.10. The third-order valence-electron chi connectivity index (χ3n) is 1.75. The third kappa shape index (κ3) is 4.24. The summed E-state index contributed by atoms with van der Waals surface area (Å²) < 4.78 is 4.64. The van der Waals surface area contributed by atoms with E-state index in [0.717, 1.165) is 0 Å². The van der Waals surface area contributed by atoms with E-state index < -0.39 is 5.97 Å². The first-order valence-electron chi connectivity index (χ1n) is 4.89. The molecule has 1 aromatic carbocycles. The highest BCUT2D eigenvalue weighted by molar-refractivity contribution is 6.58. The molecule has 0 saturated carbocycles. The number of aldehydes is 1. The van der Waals surface area contributed by atoms with E-state index in [0.29, 0.717) is 17.0 Å². The van der Waals surface area contributed by atoms with Crippen LogP contribution in [-0.4, -0.2) is 24.6 Å². The summed E-state index contributed by atoms with van der Waals surface area (Å²) >= 11 is 5.70. The predicted molar refractivity (Wildman–Crippen MR) is 65.2 cm³/mol. The van der Waals surface area contributed by atoms with E-state index in [2.05, 4.69) is 15.3 Å². The van der Waals surface area contributed by atoms with Crippen LogP contribution in [0, 0.1) is 0 Å². The summed E-state index contributed by atoms with van der Waals surface area (Å²) in [5, 5.41) is 4.23. The van der Waals surface area contributed by atoms with E-state index >= 15 is 0 Å².